The van der Waals surface area contributed by atoms with E-state index >= 15 is 0 Å². The number of thioether (sulfide) groups is 1. The molecule has 1 aromatic carbocycles. The number of aryl methyl sites for hydroxylation is 1. The lowest BCUT2D eigenvalue weighted by atomic mass is 10.1. The second-order valence-corrected chi connectivity index (χ2v) is 6.71. The van der Waals surface area contributed by atoms with Crippen molar-refractivity contribution in [3.8, 4) is 0 Å². The number of nitrogens with zero attached hydrogens (tertiary/aromatic N) is 2. The molecule has 0 saturated heterocycles. The minimum Gasteiger partial charge on any atom is -0.357 e. The van der Waals surface area contributed by atoms with Crippen molar-refractivity contribution in [1.82, 2.24) is 10.2 Å². The molecule has 5 heteroatoms. The Morgan fingerprint density at radius 3 is 2.94 bits per heavy atom. The summed E-state index contributed by atoms with van der Waals surface area (Å²) in [6.07, 6.45) is 2.54. The molecule has 18 heavy (non-hydrogen) atoms. The number of nitrogens with one attached hydrogen (secondary N) is 1. The van der Waals surface area contributed by atoms with Crippen molar-refractivity contribution >= 4 is 28.2 Å². The third kappa shape index (κ3) is 3.03. The normalized spacial score (nSPS) is 14.7. The first-order valence-corrected chi connectivity index (χ1v) is 7.89. The van der Waals surface area contributed by atoms with Crippen molar-refractivity contribution < 1.29 is 0 Å². The van der Waals surface area contributed by atoms with Crippen LogP contribution in [0.3, 0.4) is 0 Å². The summed E-state index contributed by atoms with van der Waals surface area (Å²) in [6, 6.07) is 9.13. The molecule has 0 radical (unpaired) electrons. The minimum absolute atomic E-state index is 0.646. The highest BCUT2D eigenvalue weighted by Crippen LogP contribution is 2.31. The van der Waals surface area contributed by atoms with Crippen LogP contribution >= 0.6 is 23.1 Å². The third-order valence-electron chi connectivity index (χ3n) is 2.92. The van der Waals surface area contributed by atoms with Gasteiger partial charge < -0.3 is 5.32 Å². The van der Waals surface area contributed by atoms with Gasteiger partial charge in [-0.25, -0.2) is 0 Å². The average Bonchev–Trinajstić information content (AvgIpc) is 3.06. The number of aromatic nitrogens is 2. The van der Waals surface area contributed by atoms with Gasteiger partial charge in [0.05, 0.1) is 0 Å². The standard InChI is InChI=1S/C13H15N3S2/c1-9-4-2-3-5-10(9)8-17-13-16-15-12(18-13)14-11-6-7-11/h2-5,11H,6-8H2,1H3,(H,14,15). The van der Waals surface area contributed by atoms with Crippen LogP contribution in [0.2, 0.25) is 0 Å². The number of hydrogen-bond acceptors (Lipinski definition) is 5. The predicted octanol–water partition coefficient (Wildman–Crippen LogP) is 3.71. The monoisotopic (exact) mass is 277 g/mol. The van der Waals surface area contributed by atoms with Crippen LogP contribution in [-0.4, -0.2) is 16.2 Å². The van der Waals surface area contributed by atoms with Gasteiger partial charge in [-0.1, -0.05) is 47.4 Å². The van der Waals surface area contributed by atoms with Gasteiger partial charge in [-0.3, -0.25) is 0 Å². The van der Waals surface area contributed by atoms with E-state index in [1.165, 1.54) is 24.0 Å². The Balaban J connectivity index is 1.59. The maximum atomic E-state index is 4.21. The molecule has 1 heterocycles. The van der Waals surface area contributed by atoms with Gasteiger partial charge >= 0.3 is 0 Å². The van der Waals surface area contributed by atoms with Crippen molar-refractivity contribution in [2.45, 2.75) is 35.9 Å². The first kappa shape index (κ1) is 12.0. The van der Waals surface area contributed by atoms with Gasteiger partial charge in [-0.2, -0.15) is 0 Å². The van der Waals surface area contributed by atoms with Crippen LogP contribution in [0.15, 0.2) is 28.6 Å². The van der Waals surface area contributed by atoms with Crippen molar-refractivity contribution in [3.63, 3.8) is 0 Å². The molecule has 1 aliphatic rings. The lowest BCUT2D eigenvalue weighted by Crippen LogP contribution is -1.99. The quantitative estimate of drug-likeness (QED) is 0.845. The Hall–Kier alpha value is -1.07. The van der Waals surface area contributed by atoms with E-state index in [0.717, 1.165) is 15.2 Å². The molecule has 1 N–H and O–H groups in total. The fourth-order valence-electron chi connectivity index (χ4n) is 1.64. The molecule has 1 aliphatic carbocycles. The maximum absolute atomic E-state index is 4.21. The number of benzene rings is 1. The van der Waals surface area contributed by atoms with Crippen LogP contribution in [0.25, 0.3) is 0 Å². The van der Waals surface area contributed by atoms with E-state index in [1.54, 1.807) is 23.1 Å². The molecule has 0 atom stereocenters. The first-order chi connectivity index (χ1) is 8.81. The Kier molecular flexibility index (Phi) is 3.52. The molecule has 1 fully saturated rings. The topological polar surface area (TPSA) is 37.8 Å². The average molecular weight is 277 g/mol. The first-order valence-electron chi connectivity index (χ1n) is 6.08. The highest BCUT2D eigenvalue weighted by Gasteiger charge is 2.22. The Morgan fingerprint density at radius 1 is 1.33 bits per heavy atom. The zero-order valence-electron chi connectivity index (χ0n) is 10.2. The summed E-state index contributed by atoms with van der Waals surface area (Å²) in [4.78, 5) is 0. The van der Waals surface area contributed by atoms with Crippen LogP contribution in [0, 0.1) is 6.92 Å². The van der Waals surface area contributed by atoms with E-state index in [1.807, 2.05) is 0 Å². The fraction of sp³-hybridized carbons (Fsp3) is 0.385. The van der Waals surface area contributed by atoms with Gasteiger partial charge in [-0.05, 0) is 30.9 Å². The molecule has 1 aromatic heterocycles. The van der Waals surface area contributed by atoms with E-state index in [4.69, 9.17) is 0 Å². The molecule has 0 amide bonds. The number of hydrogen-bond donors (Lipinski definition) is 1. The van der Waals surface area contributed by atoms with Crippen LogP contribution in [-0.2, 0) is 5.75 Å². The summed E-state index contributed by atoms with van der Waals surface area (Å²) < 4.78 is 1.04. The van der Waals surface area contributed by atoms with Crippen LogP contribution in [0.1, 0.15) is 24.0 Å². The van der Waals surface area contributed by atoms with Gasteiger partial charge in [0.25, 0.3) is 0 Å². The smallest absolute Gasteiger partial charge is 0.206 e. The molecule has 0 unspecified atom stereocenters. The zero-order chi connectivity index (χ0) is 12.4. The molecule has 2 aromatic rings. The third-order valence-corrected chi connectivity index (χ3v) is 4.96. The Labute approximate surface area is 115 Å². The van der Waals surface area contributed by atoms with Crippen molar-refractivity contribution in [3.05, 3.63) is 35.4 Å². The summed E-state index contributed by atoms with van der Waals surface area (Å²) in [6.45, 7) is 2.15. The fourth-order valence-corrected chi connectivity index (χ4v) is 3.55. The summed E-state index contributed by atoms with van der Waals surface area (Å²) in [7, 11) is 0. The molecule has 0 spiro atoms. The van der Waals surface area contributed by atoms with Crippen molar-refractivity contribution in [2.75, 3.05) is 5.32 Å². The number of anilines is 1. The van der Waals surface area contributed by atoms with Crippen LogP contribution < -0.4 is 5.32 Å². The molecule has 0 aliphatic heterocycles. The molecule has 1 saturated carbocycles. The van der Waals surface area contributed by atoms with E-state index in [9.17, 15) is 0 Å². The predicted molar refractivity (Wildman–Crippen MR) is 77.3 cm³/mol. The minimum atomic E-state index is 0.646. The number of rotatable bonds is 5. The largest absolute Gasteiger partial charge is 0.357 e. The summed E-state index contributed by atoms with van der Waals surface area (Å²) >= 11 is 3.42. The molecule has 3 nitrogen and oxygen atoms in total. The van der Waals surface area contributed by atoms with E-state index < -0.39 is 0 Å². The summed E-state index contributed by atoms with van der Waals surface area (Å²) in [5.41, 5.74) is 2.71. The highest BCUT2D eigenvalue weighted by molar-refractivity contribution is 8.00. The van der Waals surface area contributed by atoms with Gasteiger partial charge in [0.1, 0.15) is 0 Å². The van der Waals surface area contributed by atoms with Gasteiger partial charge in [0, 0.05) is 11.8 Å². The highest BCUT2D eigenvalue weighted by atomic mass is 32.2. The lowest BCUT2D eigenvalue weighted by molar-refractivity contribution is 0.994. The van der Waals surface area contributed by atoms with Crippen LogP contribution in [0.5, 0.6) is 0 Å². The molecular formula is C13H15N3S2. The van der Waals surface area contributed by atoms with Crippen molar-refractivity contribution in [2.24, 2.45) is 0 Å². The van der Waals surface area contributed by atoms with E-state index in [-0.39, 0.29) is 0 Å². The second kappa shape index (κ2) is 5.28. The van der Waals surface area contributed by atoms with E-state index in [0.29, 0.717) is 6.04 Å². The maximum Gasteiger partial charge on any atom is 0.206 e. The summed E-state index contributed by atoms with van der Waals surface area (Å²) in [5, 5.41) is 12.7. The van der Waals surface area contributed by atoms with Gasteiger partial charge in [-0.15, -0.1) is 10.2 Å². The molecule has 0 bridgehead atoms. The second-order valence-electron chi connectivity index (χ2n) is 4.51. The molecular weight excluding hydrogens is 262 g/mol. The Morgan fingerprint density at radius 2 is 2.17 bits per heavy atom. The van der Waals surface area contributed by atoms with Crippen molar-refractivity contribution in [1.29, 1.82) is 0 Å². The molecule has 3 rings (SSSR count). The van der Waals surface area contributed by atoms with Gasteiger partial charge in [0.2, 0.25) is 5.13 Å². The SMILES string of the molecule is Cc1ccccc1CSc1nnc(NC2CC2)s1. The zero-order valence-corrected chi connectivity index (χ0v) is 11.9. The Bertz CT molecular complexity index is 535. The lowest BCUT2D eigenvalue weighted by Gasteiger charge is -2.02. The van der Waals surface area contributed by atoms with Crippen LogP contribution in [0.4, 0.5) is 5.13 Å². The van der Waals surface area contributed by atoms with E-state index in [2.05, 4.69) is 46.7 Å². The summed E-state index contributed by atoms with van der Waals surface area (Å²) in [5.74, 6) is 0.963. The molecule has 94 valence electrons. The van der Waals surface area contributed by atoms with Gasteiger partial charge in [0.15, 0.2) is 4.34 Å².